The lowest BCUT2D eigenvalue weighted by Crippen LogP contribution is -2.18. The third kappa shape index (κ3) is 5.04. The average molecular weight is 446 g/mol. The normalized spacial score (nSPS) is 10.9. The molecule has 160 valence electrons. The Bertz CT molecular complexity index is 1240. The molecule has 0 aliphatic carbocycles. The summed E-state index contributed by atoms with van der Waals surface area (Å²) in [4.78, 5) is 12.7. The predicted octanol–water partition coefficient (Wildman–Crippen LogP) is 5.65. The van der Waals surface area contributed by atoms with Crippen LogP contribution in [0.5, 0.6) is 5.75 Å². The summed E-state index contributed by atoms with van der Waals surface area (Å²) in [5.74, 6) is 0.744. The van der Waals surface area contributed by atoms with E-state index in [9.17, 15) is 4.79 Å². The molecular weight excluding hydrogens is 426 g/mol. The van der Waals surface area contributed by atoms with Crippen LogP contribution in [-0.4, -0.2) is 17.3 Å². The molecule has 0 fully saturated rings. The highest BCUT2D eigenvalue weighted by Gasteiger charge is 2.21. The molecule has 7 heteroatoms. The second-order valence-electron chi connectivity index (χ2n) is 6.98. The molecule has 0 atom stereocenters. The zero-order chi connectivity index (χ0) is 22.3. The number of halogens is 1. The smallest absolute Gasteiger partial charge is 0.277 e. The molecule has 32 heavy (non-hydrogen) atoms. The van der Waals surface area contributed by atoms with Gasteiger partial charge in [-0.15, -0.1) is 0 Å². The molecule has 4 rings (SSSR count). The first-order valence-electron chi connectivity index (χ1n) is 9.93. The van der Waals surface area contributed by atoms with Crippen molar-refractivity contribution in [3.05, 3.63) is 106 Å². The number of rotatable bonds is 7. The van der Waals surface area contributed by atoms with Gasteiger partial charge in [-0.3, -0.25) is 4.79 Å². The van der Waals surface area contributed by atoms with Crippen molar-refractivity contribution in [3.63, 3.8) is 0 Å². The first kappa shape index (κ1) is 21.3. The van der Waals surface area contributed by atoms with Gasteiger partial charge in [0.2, 0.25) is 0 Å². The lowest BCUT2D eigenvalue weighted by Gasteiger charge is -2.07. The minimum absolute atomic E-state index is 0.358. The van der Waals surface area contributed by atoms with Crippen LogP contribution in [0.1, 0.15) is 27.2 Å². The Labute approximate surface area is 190 Å². The lowest BCUT2D eigenvalue weighted by atomic mass is 10.1. The summed E-state index contributed by atoms with van der Waals surface area (Å²) in [6, 6.07) is 24.3. The SMILES string of the molecule is Cc1onc(-c2ccccc2)c1C(=O)NN=Cc1ccc(OCc2ccccc2Cl)cc1. The van der Waals surface area contributed by atoms with Crippen LogP contribution in [0.2, 0.25) is 5.02 Å². The number of aromatic nitrogens is 1. The highest BCUT2D eigenvalue weighted by Crippen LogP contribution is 2.25. The van der Waals surface area contributed by atoms with Gasteiger partial charge >= 0.3 is 0 Å². The maximum absolute atomic E-state index is 12.7. The summed E-state index contributed by atoms with van der Waals surface area (Å²) in [6.07, 6.45) is 1.56. The van der Waals surface area contributed by atoms with Gasteiger partial charge in [0, 0.05) is 16.1 Å². The van der Waals surface area contributed by atoms with E-state index in [1.54, 1.807) is 13.1 Å². The molecule has 0 aliphatic heterocycles. The Morgan fingerprint density at radius 3 is 2.53 bits per heavy atom. The van der Waals surface area contributed by atoms with Crippen molar-refractivity contribution in [1.29, 1.82) is 0 Å². The van der Waals surface area contributed by atoms with Crippen LogP contribution < -0.4 is 10.2 Å². The van der Waals surface area contributed by atoms with Gasteiger partial charge in [0.15, 0.2) is 0 Å². The molecule has 0 radical (unpaired) electrons. The molecule has 0 spiro atoms. The van der Waals surface area contributed by atoms with Crippen molar-refractivity contribution < 1.29 is 14.1 Å². The Hall–Kier alpha value is -3.90. The van der Waals surface area contributed by atoms with Crippen LogP contribution in [-0.2, 0) is 6.61 Å². The predicted molar refractivity (Wildman–Crippen MR) is 124 cm³/mol. The Morgan fingerprint density at radius 2 is 1.78 bits per heavy atom. The first-order chi connectivity index (χ1) is 15.6. The molecule has 6 nitrogen and oxygen atoms in total. The van der Waals surface area contributed by atoms with Gasteiger partial charge in [-0.1, -0.05) is 65.3 Å². The van der Waals surface area contributed by atoms with Crippen molar-refractivity contribution in [2.24, 2.45) is 5.10 Å². The van der Waals surface area contributed by atoms with E-state index in [1.807, 2.05) is 78.9 Å². The largest absolute Gasteiger partial charge is 0.489 e. The monoisotopic (exact) mass is 445 g/mol. The van der Waals surface area contributed by atoms with Gasteiger partial charge in [-0.2, -0.15) is 5.10 Å². The van der Waals surface area contributed by atoms with E-state index in [4.69, 9.17) is 20.9 Å². The van der Waals surface area contributed by atoms with Crippen LogP contribution >= 0.6 is 11.6 Å². The molecule has 0 saturated carbocycles. The van der Waals surface area contributed by atoms with E-state index in [1.165, 1.54) is 0 Å². The summed E-state index contributed by atoms with van der Waals surface area (Å²) in [5, 5.41) is 8.75. The van der Waals surface area contributed by atoms with Crippen molar-refractivity contribution in [2.45, 2.75) is 13.5 Å². The van der Waals surface area contributed by atoms with Crippen LogP contribution in [0.3, 0.4) is 0 Å². The highest BCUT2D eigenvalue weighted by atomic mass is 35.5. The Balaban J connectivity index is 1.37. The number of hydrogen-bond donors (Lipinski definition) is 1. The second-order valence-corrected chi connectivity index (χ2v) is 7.38. The van der Waals surface area contributed by atoms with Gasteiger partial charge in [0.1, 0.15) is 29.4 Å². The van der Waals surface area contributed by atoms with Crippen molar-refractivity contribution in [3.8, 4) is 17.0 Å². The Kier molecular flexibility index (Phi) is 6.63. The third-order valence-corrected chi connectivity index (χ3v) is 5.12. The topological polar surface area (TPSA) is 76.7 Å². The van der Waals surface area contributed by atoms with E-state index in [0.717, 1.165) is 16.7 Å². The van der Waals surface area contributed by atoms with Gasteiger partial charge in [-0.05, 0) is 42.8 Å². The number of benzene rings is 3. The average Bonchev–Trinajstić information content (AvgIpc) is 3.21. The number of amides is 1. The fourth-order valence-corrected chi connectivity index (χ4v) is 3.27. The highest BCUT2D eigenvalue weighted by molar-refractivity contribution is 6.31. The van der Waals surface area contributed by atoms with E-state index in [2.05, 4.69) is 15.7 Å². The van der Waals surface area contributed by atoms with Gasteiger partial charge in [0.05, 0.1) is 6.21 Å². The zero-order valence-electron chi connectivity index (χ0n) is 17.3. The van der Waals surface area contributed by atoms with E-state index >= 15 is 0 Å². The summed E-state index contributed by atoms with van der Waals surface area (Å²) < 4.78 is 11.0. The quantitative estimate of drug-likeness (QED) is 0.294. The number of aryl methyl sites for hydroxylation is 1. The van der Waals surface area contributed by atoms with Gasteiger partial charge in [-0.25, -0.2) is 5.43 Å². The van der Waals surface area contributed by atoms with Crippen molar-refractivity contribution >= 4 is 23.7 Å². The summed E-state index contributed by atoms with van der Waals surface area (Å²) in [6.45, 7) is 2.07. The maximum atomic E-state index is 12.7. The lowest BCUT2D eigenvalue weighted by molar-refractivity contribution is 0.0954. The fourth-order valence-electron chi connectivity index (χ4n) is 3.08. The number of carbonyl (C=O) groups excluding carboxylic acids is 1. The van der Waals surface area contributed by atoms with Gasteiger partial charge in [0.25, 0.3) is 5.91 Å². The summed E-state index contributed by atoms with van der Waals surface area (Å²) in [7, 11) is 0. The standard InChI is InChI=1S/C25H20ClN3O3/c1-17-23(24(29-32-17)19-7-3-2-4-8-19)25(30)28-27-15-18-11-13-21(14-12-18)31-16-20-9-5-6-10-22(20)26/h2-15H,16H2,1H3,(H,28,30). The fraction of sp³-hybridized carbons (Fsp3) is 0.0800. The second kappa shape index (κ2) is 9.94. The molecule has 1 amide bonds. The molecular formula is C25H20ClN3O3. The van der Waals surface area contributed by atoms with E-state index < -0.39 is 5.91 Å². The minimum atomic E-state index is -0.390. The van der Waals surface area contributed by atoms with Gasteiger partial charge < -0.3 is 9.26 Å². The van der Waals surface area contributed by atoms with Crippen LogP contribution in [0, 0.1) is 6.92 Å². The molecule has 0 bridgehead atoms. The van der Waals surface area contributed by atoms with E-state index in [-0.39, 0.29) is 0 Å². The number of hydrogen-bond acceptors (Lipinski definition) is 5. The first-order valence-corrected chi connectivity index (χ1v) is 10.3. The van der Waals surface area contributed by atoms with Crippen LogP contribution in [0.4, 0.5) is 0 Å². The zero-order valence-corrected chi connectivity index (χ0v) is 18.0. The molecule has 0 unspecified atom stereocenters. The van der Waals surface area contributed by atoms with Crippen LogP contribution in [0.25, 0.3) is 11.3 Å². The molecule has 1 N–H and O–H groups in total. The molecule has 1 heterocycles. The molecule has 0 saturated heterocycles. The molecule has 4 aromatic rings. The molecule has 3 aromatic carbocycles. The molecule has 0 aliphatic rings. The third-order valence-electron chi connectivity index (χ3n) is 4.75. The maximum Gasteiger partial charge on any atom is 0.277 e. The van der Waals surface area contributed by atoms with Crippen molar-refractivity contribution in [2.75, 3.05) is 0 Å². The Morgan fingerprint density at radius 1 is 1.06 bits per heavy atom. The van der Waals surface area contributed by atoms with Crippen molar-refractivity contribution in [1.82, 2.24) is 10.6 Å². The summed E-state index contributed by atoms with van der Waals surface area (Å²) >= 11 is 6.15. The minimum Gasteiger partial charge on any atom is -0.489 e. The van der Waals surface area contributed by atoms with Crippen LogP contribution in [0.15, 0.2) is 88.5 Å². The number of ether oxygens (including phenoxy) is 1. The number of nitrogens with one attached hydrogen (secondary N) is 1. The van der Waals surface area contributed by atoms with E-state index in [0.29, 0.717) is 34.4 Å². The number of nitrogens with zero attached hydrogens (tertiary/aromatic N) is 2. The number of carbonyl (C=O) groups is 1. The number of hydrazone groups is 1. The summed E-state index contributed by atoms with van der Waals surface area (Å²) in [5.41, 5.74) is 5.90. The molecule has 1 aromatic heterocycles.